The predicted molar refractivity (Wildman–Crippen MR) is 97.4 cm³/mol. The fourth-order valence-corrected chi connectivity index (χ4v) is 2.85. The van der Waals surface area contributed by atoms with E-state index >= 15 is 0 Å². The molecule has 0 aliphatic carbocycles. The zero-order chi connectivity index (χ0) is 17.5. The zero-order valence-electron chi connectivity index (χ0n) is 13.9. The summed E-state index contributed by atoms with van der Waals surface area (Å²) in [5.41, 5.74) is 1.27. The Labute approximate surface area is 154 Å². The molecule has 2 rings (SSSR count). The predicted octanol–water partition coefficient (Wildman–Crippen LogP) is 3.44. The lowest BCUT2D eigenvalue weighted by atomic mass is 10.1. The largest absolute Gasteiger partial charge is 0.493 e. The van der Waals surface area contributed by atoms with E-state index in [-0.39, 0.29) is 12.3 Å². The minimum atomic E-state index is -0.515. The average molecular weight is 445 g/mol. The molecule has 1 aromatic carbocycles. The first kappa shape index (κ1) is 18.5. The van der Waals surface area contributed by atoms with Gasteiger partial charge in [-0.2, -0.15) is 10.3 Å². The van der Waals surface area contributed by atoms with Crippen molar-refractivity contribution in [2.75, 3.05) is 20.3 Å². The second-order valence-corrected chi connectivity index (χ2v) is 6.09. The monoisotopic (exact) mass is 445 g/mol. The molecule has 0 unspecified atom stereocenters. The highest BCUT2D eigenvalue weighted by atomic mass is 127. The standard InChI is InChI=1S/C16H20IN3O4/c1-4-6-7-24-15-11(17)8-10(9-12(15)22-3)13-14(19-20-18-13)16(21)23-5-2/h8-9H,4-7H2,1-3H3,(H,18,19,20). The molecule has 130 valence electrons. The Morgan fingerprint density at radius 1 is 1.29 bits per heavy atom. The summed E-state index contributed by atoms with van der Waals surface area (Å²) in [6, 6.07) is 3.66. The molecular formula is C16H20IN3O4. The van der Waals surface area contributed by atoms with Gasteiger partial charge in [0.15, 0.2) is 17.2 Å². The van der Waals surface area contributed by atoms with Crippen LogP contribution in [0.4, 0.5) is 0 Å². The average Bonchev–Trinajstić information content (AvgIpc) is 3.06. The molecule has 0 spiro atoms. The molecule has 7 nitrogen and oxygen atoms in total. The number of nitrogens with one attached hydrogen (secondary N) is 1. The highest BCUT2D eigenvalue weighted by Crippen LogP contribution is 2.37. The van der Waals surface area contributed by atoms with Gasteiger partial charge in [-0.3, -0.25) is 0 Å². The second kappa shape index (κ2) is 8.86. The van der Waals surface area contributed by atoms with Crippen LogP contribution in [0.25, 0.3) is 11.3 Å². The van der Waals surface area contributed by atoms with E-state index in [0.717, 1.165) is 16.4 Å². The van der Waals surface area contributed by atoms with Crippen molar-refractivity contribution in [2.24, 2.45) is 0 Å². The molecule has 0 aliphatic rings. The quantitative estimate of drug-likeness (QED) is 0.381. The SMILES string of the molecule is CCCCOc1c(I)cc(-c2n[nH]nc2C(=O)OCC)cc1OC. The van der Waals surface area contributed by atoms with Gasteiger partial charge in [-0.1, -0.05) is 13.3 Å². The summed E-state index contributed by atoms with van der Waals surface area (Å²) in [6.07, 6.45) is 2.02. The summed E-state index contributed by atoms with van der Waals surface area (Å²) < 4.78 is 17.1. The van der Waals surface area contributed by atoms with Crippen LogP contribution in [-0.4, -0.2) is 41.7 Å². The molecule has 0 bridgehead atoms. The number of methoxy groups -OCH3 is 1. The van der Waals surface area contributed by atoms with E-state index in [0.29, 0.717) is 29.4 Å². The normalized spacial score (nSPS) is 10.5. The number of esters is 1. The first-order valence-corrected chi connectivity index (χ1v) is 8.78. The molecule has 0 radical (unpaired) electrons. The van der Waals surface area contributed by atoms with E-state index in [1.54, 1.807) is 20.1 Å². The number of halogens is 1. The van der Waals surface area contributed by atoms with Crippen molar-refractivity contribution in [1.29, 1.82) is 0 Å². The third-order valence-electron chi connectivity index (χ3n) is 3.26. The zero-order valence-corrected chi connectivity index (χ0v) is 16.0. The molecule has 24 heavy (non-hydrogen) atoms. The Morgan fingerprint density at radius 3 is 2.75 bits per heavy atom. The molecule has 0 saturated carbocycles. The number of carbonyl (C=O) groups excluding carboxylic acids is 1. The van der Waals surface area contributed by atoms with Gasteiger partial charge < -0.3 is 14.2 Å². The van der Waals surface area contributed by atoms with Crippen molar-refractivity contribution in [3.05, 3.63) is 21.4 Å². The Morgan fingerprint density at radius 2 is 2.08 bits per heavy atom. The summed E-state index contributed by atoms with van der Waals surface area (Å²) in [7, 11) is 1.58. The molecular weight excluding hydrogens is 425 g/mol. The van der Waals surface area contributed by atoms with E-state index in [9.17, 15) is 4.79 Å². The van der Waals surface area contributed by atoms with Crippen molar-refractivity contribution in [3.8, 4) is 22.8 Å². The Balaban J connectivity index is 2.37. The van der Waals surface area contributed by atoms with E-state index in [1.807, 2.05) is 6.07 Å². The fourth-order valence-electron chi connectivity index (χ4n) is 2.09. The summed E-state index contributed by atoms with van der Waals surface area (Å²) in [5, 5.41) is 10.4. The number of aromatic nitrogens is 3. The van der Waals surface area contributed by atoms with Crippen molar-refractivity contribution >= 4 is 28.6 Å². The molecule has 0 fully saturated rings. The highest BCUT2D eigenvalue weighted by molar-refractivity contribution is 14.1. The van der Waals surface area contributed by atoms with Crippen molar-refractivity contribution in [2.45, 2.75) is 26.7 Å². The van der Waals surface area contributed by atoms with Gasteiger partial charge in [-0.15, -0.1) is 5.10 Å². The Hall–Kier alpha value is -1.84. The first-order chi connectivity index (χ1) is 11.6. The first-order valence-electron chi connectivity index (χ1n) is 7.70. The maximum atomic E-state index is 12.0. The van der Waals surface area contributed by atoms with Crippen LogP contribution in [0.2, 0.25) is 0 Å². The molecule has 1 heterocycles. The molecule has 2 aromatic rings. The molecule has 0 atom stereocenters. The van der Waals surface area contributed by atoms with Gasteiger partial charge in [0, 0.05) is 5.56 Å². The van der Waals surface area contributed by atoms with Gasteiger partial charge >= 0.3 is 5.97 Å². The molecule has 0 aliphatic heterocycles. The van der Waals surface area contributed by atoms with Crippen LogP contribution in [0, 0.1) is 3.57 Å². The maximum Gasteiger partial charge on any atom is 0.361 e. The third kappa shape index (κ3) is 4.16. The number of H-pyrrole nitrogens is 1. The van der Waals surface area contributed by atoms with E-state index < -0.39 is 5.97 Å². The molecule has 0 amide bonds. The van der Waals surface area contributed by atoms with Crippen LogP contribution < -0.4 is 9.47 Å². The third-order valence-corrected chi connectivity index (χ3v) is 4.07. The van der Waals surface area contributed by atoms with Crippen LogP contribution in [0.15, 0.2) is 12.1 Å². The summed E-state index contributed by atoms with van der Waals surface area (Å²) in [6.45, 7) is 4.75. The van der Waals surface area contributed by atoms with Gasteiger partial charge in [-0.25, -0.2) is 4.79 Å². The molecule has 0 saturated heterocycles. The van der Waals surface area contributed by atoms with Gasteiger partial charge in [0.1, 0.15) is 5.69 Å². The van der Waals surface area contributed by atoms with Crippen molar-refractivity contribution in [3.63, 3.8) is 0 Å². The smallest absolute Gasteiger partial charge is 0.361 e. The van der Waals surface area contributed by atoms with Crippen LogP contribution in [0.5, 0.6) is 11.5 Å². The van der Waals surface area contributed by atoms with Crippen molar-refractivity contribution in [1.82, 2.24) is 15.4 Å². The lowest BCUT2D eigenvalue weighted by Crippen LogP contribution is -2.07. The molecule has 1 N–H and O–H groups in total. The van der Waals surface area contributed by atoms with Gasteiger partial charge in [0.25, 0.3) is 0 Å². The van der Waals surface area contributed by atoms with Gasteiger partial charge in [0.05, 0.1) is 23.9 Å². The van der Waals surface area contributed by atoms with E-state index in [4.69, 9.17) is 14.2 Å². The lowest BCUT2D eigenvalue weighted by Gasteiger charge is -2.14. The number of hydrogen-bond donors (Lipinski definition) is 1. The minimum absolute atomic E-state index is 0.148. The maximum absolute atomic E-state index is 12.0. The number of benzene rings is 1. The topological polar surface area (TPSA) is 86.3 Å². The number of carbonyl (C=O) groups is 1. The van der Waals surface area contributed by atoms with Crippen molar-refractivity contribution < 1.29 is 19.0 Å². The summed E-state index contributed by atoms with van der Waals surface area (Å²) in [4.78, 5) is 12.0. The second-order valence-electron chi connectivity index (χ2n) is 4.93. The fraction of sp³-hybridized carbons (Fsp3) is 0.438. The number of nitrogens with zero attached hydrogens (tertiary/aromatic N) is 2. The summed E-state index contributed by atoms with van der Waals surface area (Å²) in [5.74, 6) is 0.765. The molecule has 1 aromatic heterocycles. The van der Waals surface area contributed by atoms with Crippen LogP contribution in [0.3, 0.4) is 0 Å². The number of unbranched alkanes of at least 4 members (excludes halogenated alkanes) is 1. The summed E-state index contributed by atoms with van der Waals surface area (Å²) >= 11 is 2.18. The number of aromatic amines is 1. The minimum Gasteiger partial charge on any atom is -0.493 e. The van der Waals surface area contributed by atoms with Gasteiger partial charge in [0.2, 0.25) is 0 Å². The Kier molecular flexibility index (Phi) is 6.83. The van der Waals surface area contributed by atoms with Crippen LogP contribution in [-0.2, 0) is 4.74 Å². The Bertz CT molecular complexity index is 703. The number of rotatable bonds is 8. The number of ether oxygens (including phenoxy) is 3. The highest BCUT2D eigenvalue weighted by Gasteiger charge is 2.21. The van der Waals surface area contributed by atoms with Crippen LogP contribution >= 0.6 is 22.6 Å². The van der Waals surface area contributed by atoms with E-state index in [1.165, 1.54) is 0 Å². The van der Waals surface area contributed by atoms with E-state index in [2.05, 4.69) is 44.9 Å². The van der Waals surface area contributed by atoms with Gasteiger partial charge in [-0.05, 0) is 48.1 Å². The molecule has 8 heteroatoms. The van der Waals surface area contributed by atoms with Crippen LogP contribution in [0.1, 0.15) is 37.2 Å². The number of hydrogen-bond acceptors (Lipinski definition) is 6. The lowest BCUT2D eigenvalue weighted by molar-refractivity contribution is 0.0520.